The van der Waals surface area contributed by atoms with Crippen LogP contribution in [0.25, 0.3) is 0 Å². The first kappa shape index (κ1) is 20.3. The van der Waals surface area contributed by atoms with E-state index in [1.54, 1.807) is 24.3 Å². The molecular weight excluding hydrogens is 449 g/mol. The van der Waals surface area contributed by atoms with Gasteiger partial charge < -0.3 is 10.6 Å². The van der Waals surface area contributed by atoms with Gasteiger partial charge in [0.15, 0.2) is 11.7 Å². The van der Waals surface area contributed by atoms with Crippen molar-refractivity contribution in [3.05, 3.63) is 46.1 Å². The molecule has 156 valence electrons. The van der Waals surface area contributed by atoms with Gasteiger partial charge >= 0.3 is 6.18 Å². The molecule has 2 aliphatic rings. The van der Waals surface area contributed by atoms with Gasteiger partial charge in [0.05, 0.1) is 10.5 Å². The van der Waals surface area contributed by atoms with Crippen LogP contribution in [0.3, 0.4) is 0 Å². The second-order valence-electron chi connectivity index (χ2n) is 7.66. The predicted molar refractivity (Wildman–Crippen MR) is 107 cm³/mol. The van der Waals surface area contributed by atoms with Gasteiger partial charge in [-0.2, -0.15) is 18.3 Å². The van der Waals surface area contributed by atoms with E-state index in [0.29, 0.717) is 0 Å². The van der Waals surface area contributed by atoms with Gasteiger partial charge in [-0.3, -0.25) is 4.79 Å². The molecule has 2 heterocycles. The third kappa shape index (κ3) is 4.15. The van der Waals surface area contributed by atoms with E-state index in [9.17, 15) is 18.0 Å². The largest absolute Gasteiger partial charge is 0.410 e. The Balaban J connectivity index is 1.65. The van der Waals surface area contributed by atoms with E-state index in [4.69, 9.17) is 0 Å². The quantitative estimate of drug-likeness (QED) is 0.633. The van der Waals surface area contributed by atoms with E-state index >= 15 is 0 Å². The monoisotopic (exact) mass is 470 g/mol. The topological polar surface area (TPSA) is 59.0 Å². The Morgan fingerprint density at radius 1 is 1.17 bits per heavy atom. The molecule has 0 unspecified atom stereocenters. The number of anilines is 1. The number of nitrogens with zero attached hydrogens (tertiary/aromatic N) is 2. The fourth-order valence-electron chi connectivity index (χ4n) is 4.14. The van der Waals surface area contributed by atoms with E-state index in [1.165, 1.54) is 0 Å². The molecule has 1 fully saturated rings. The Bertz CT molecular complexity index is 878. The highest BCUT2D eigenvalue weighted by molar-refractivity contribution is 9.10. The van der Waals surface area contributed by atoms with Crippen LogP contribution in [0.4, 0.5) is 19.0 Å². The van der Waals surface area contributed by atoms with Crippen molar-refractivity contribution < 1.29 is 18.0 Å². The van der Waals surface area contributed by atoms with Gasteiger partial charge in [-0.15, -0.1) is 0 Å². The fourth-order valence-corrected chi connectivity index (χ4v) is 4.69. The Morgan fingerprint density at radius 2 is 1.86 bits per heavy atom. The number of benzene rings is 1. The van der Waals surface area contributed by atoms with Crippen LogP contribution in [-0.2, 0) is 0 Å². The standard InChI is InChI=1S/C20H22BrF3N4O/c21-16-17(19(29)25-13-9-5-2-6-10-13)27-28-15(20(22,23)24)11-14(26-18(16)28)12-7-3-1-4-8-12/h1,3-4,7-8,13-15,26H,2,5-6,9-11H2,(H,25,29)/t14-,15-/m0/s1. The molecule has 9 heteroatoms. The number of rotatable bonds is 3. The Kier molecular flexibility index (Phi) is 5.59. The lowest BCUT2D eigenvalue weighted by Gasteiger charge is -2.33. The van der Waals surface area contributed by atoms with E-state index < -0.39 is 24.2 Å². The molecule has 0 radical (unpaired) electrons. The molecule has 2 aromatic rings. The number of hydrogen-bond acceptors (Lipinski definition) is 3. The normalized spacial score (nSPS) is 22.6. The molecule has 0 bridgehead atoms. The summed E-state index contributed by atoms with van der Waals surface area (Å²) in [6.07, 6.45) is 0.328. The van der Waals surface area contributed by atoms with Gasteiger partial charge in [-0.05, 0) is 34.3 Å². The van der Waals surface area contributed by atoms with Crippen LogP contribution in [-0.4, -0.2) is 27.9 Å². The highest BCUT2D eigenvalue weighted by atomic mass is 79.9. The van der Waals surface area contributed by atoms with Crippen molar-refractivity contribution in [2.24, 2.45) is 0 Å². The molecule has 1 aliphatic carbocycles. The van der Waals surface area contributed by atoms with Crippen LogP contribution in [0.1, 0.15) is 66.7 Å². The molecule has 1 amide bonds. The number of hydrogen-bond donors (Lipinski definition) is 2. The van der Waals surface area contributed by atoms with Crippen molar-refractivity contribution in [3.8, 4) is 0 Å². The number of aromatic nitrogens is 2. The number of carbonyl (C=O) groups is 1. The van der Waals surface area contributed by atoms with E-state index in [1.807, 2.05) is 6.07 Å². The second kappa shape index (κ2) is 8.01. The SMILES string of the molecule is O=C(NC1CCCCC1)c1nn2c(c1Br)N[C@H](c1ccccc1)C[C@H]2C(F)(F)F. The fraction of sp³-hybridized carbons (Fsp3) is 0.500. The summed E-state index contributed by atoms with van der Waals surface area (Å²) in [5.41, 5.74) is 0.746. The first-order valence-corrected chi connectivity index (χ1v) is 10.6. The van der Waals surface area contributed by atoms with Gasteiger partial charge in [-0.1, -0.05) is 49.6 Å². The Morgan fingerprint density at radius 3 is 2.52 bits per heavy atom. The summed E-state index contributed by atoms with van der Waals surface area (Å²) >= 11 is 3.32. The maximum absolute atomic E-state index is 13.8. The van der Waals surface area contributed by atoms with Gasteiger partial charge in [0.25, 0.3) is 5.91 Å². The lowest BCUT2D eigenvalue weighted by molar-refractivity contribution is -0.173. The molecule has 5 nitrogen and oxygen atoms in total. The van der Waals surface area contributed by atoms with Crippen molar-refractivity contribution in [2.45, 2.75) is 62.8 Å². The predicted octanol–water partition coefficient (Wildman–Crippen LogP) is 5.37. The average Bonchev–Trinajstić information content (AvgIpc) is 3.05. The van der Waals surface area contributed by atoms with Gasteiger partial charge in [0.2, 0.25) is 0 Å². The van der Waals surface area contributed by atoms with Crippen LogP contribution in [0.2, 0.25) is 0 Å². The molecule has 1 saturated carbocycles. The first-order valence-electron chi connectivity index (χ1n) is 9.81. The Labute approximate surface area is 175 Å². The van der Waals surface area contributed by atoms with Gasteiger partial charge in [0, 0.05) is 12.5 Å². The minimum absolute atomic E-state index is 0.0129. The number of alkyl halides is 3. The minimum Gasteiger partial charge on any atom is -0.362 e. The lowest BCUT2D eigenvalue weighted by atomic mass is 9.95. The third-order valence-electron chi connectivity index (χ3n) is 5.65. The highest BCUT2D eigenvalue weighted by Gasteiger charge is 2.47. The van der Waals surface area contributed by atoms with Crippen molar-refractivity contribution in [1.29, 1.82) is 0 Å². The molecule has 1 aromatic carbocycles. The third-order valence-corrected chi connectivity index (χ3v) is 6.40. The van der Waals surface area contributed by atoms with E-state index in [0.717, 1.165) is 42.3 Å². The molecular formula is C20H22BrF3N4O. The van der Waals surface area contributed by atoms with Crippen molar-refractivity contribution in [3.63, 3.8) is 0 Å². The number of amides is 1. The maximum Gasteiger partial charge on any atom is 0.410 e. The van der Waals surface area contributed by atoms with Crippen LogP contribution >= 0.6 is 15.9 Å². The summed E-state index contributed by atoms with van der Waals surface area (Å²) in [5.74, 6) is -0.258. The summed E-state index contributed by atoms with van der Waals surface area (Å²) in [4.78, 5) is 12.7. The van der Waals surface area contributed by atoms with Crippen molar-refractivity contribution in [1.82, 2.24) is 15.1 Å². The molecule has 2 N–H and O–H groups in total. The second-order valence-corrected chi connectivity index (χ2v) is 8.46. The number of fused-ring (bicyclic) bond motifs is 1. The van der Waals surface area contributed by atoms with E-state index in [2.05, 4.69) is 31.7 Å². The Hall–Kier alpha value is -2.03. The molecule has 1 aliphatic heterocycles. The van der Waals surface area contributed by atoms with Crippen LogP contribution in [0.5, 0.6) is 0 Å². The molecule has 1 aromatic heterocycles. The van der Waals surface area contributed by atoms with Gasteiger partial charge in [0.1, 0.15) is 5.82 Å². The lowest BCUT2D eigenvalue weighted by Crippen LogP contribution is -2.37. The summed E-state index contributed by atoms with van der Waals surface area (Å²) < 4.78 is 42.6. The molecule has 2 atom stereocenters. The zero-order valence-electron chi connectivity index (χ0n) is 15.7. The first-order chi connectivity index (χ1) is 13.8. The summed E-state index contributed by atoms with van der Waals surface area (Å²) in [5, 5.41) is 10.1. The summed E-state index contributed by atoms with van der Waals surface area (Å²) in [6.45, 7) is 0. The number of nitrogens with one attached hydrogen (secondary N) is 2. The zero-order valence-corrected chi connectivity index (χ0v) is 17.3. The average molecular weight is 471 g/mol. The molecule has 29 heavy (non-hydrogen) atoms. The minimum atomic E-state index is -4.48. The van der Waals surface area contributed by atoms with E-state index in [-0.39, 0.29) is 28.4 Å². The van der Waals surface area contributed by atoms with Crippen molar-refractivity contribution >= 4 is 27.7 Å². The van der Waals surface area contributed by atoms with Crippen molar-refractivity contribution in [2.75, 3.05) is 5.32 Å². The maximum atomic E-state index is 13.8. The summed E-state index contributed by atoms with van der Waals surface area (Å²) in [7, 11) is 0. The van der Waals surface area contributed by atoms with Gasteiger partial charge in [-0.25, -0.2) is 4.68 Å². The zero-order chi connectivity index (χ0) is 20.6. The van der Waals surface area contributed by atoms with Crippen LogP contribution in [0, 0.1) is 0 Å². The van der Waals surface area contributed by atoms with Crippen LogP contribution in [0.15, 0.2) is 34.8 Å². The highest BCUT2D eigenvalue weighted by Crippen LogP contribution is 2.46. The number of carbonyl (C=O) groups excluding carboxylic acids is 1. The molecule has 0 saturated heterocycles. The number of halogens is 4. The smallest absolute Gasteiger partial charge is 0.362 e. The van der Waals surface area contributed by atoms with Crippen LogP contribution < -0.4 is 10.6 Å². The molecule has 4 rings (SSSR count). The molecule has 0 spiro atoms. The summed E-state index contributed by atoms with van der Waals surface area (Å²) in [6, 6.07) is 6.71.